The maximum absolute atomic E-state index is 13.2. The van der Waals surface area contributed by atoms with Crippen molar-refractivity contribution in [2.24, 2.45) is 5.92 Å². The van der Waals surface area contributed by atoms with Gasteiger partial charge >= 0.3 is 11.7 Å². The summed E-state index contributed by atoms with van der Waals surface area (Å²) in [6.07, 6.45) is 2.69. The number of carbonyl (C=O) groups excluding carboxylic acids is 1. The molecule has 0 atom stereocenters. The second-order valence-corrected chi connectivity index (χ2v) is 8.86. The highest BCUT2D eigenvalue weighted by atomic mass is 16.4. The molecule has 2 aromatic carbocycles. The van der Waals surface area contributed by atoms with Gasteiger partial charge in [0, 0.05) is 17.8 Å². The minimum Gasteiger partial charge on any atom is -0.478 e. The van der Waals surface area contributed by atoms with Crippen molar-refractivity contribution in [1.29, 1.82) is 0 Å². The predicted octanol–water partition coefficient (Wildman–Crippen LogP) is 5.40. The molecule has 0 fully saturated rings. The molecular weight excluding hydrogens is 416 g/mol. The summed E-state index contributed by atoms with van der Waals surface area (Å²) in [5, 5.41) is 9.47. The van der Waals surface area contributed by atoms with Gasteiger partial charge in [0.1, 0.15) is 0 Å². The molecule has 0 aliphatic carbocycles. The van der Waals surface area contributed by atoms with Gasteiger partial charge in [-0.3, -0.25) is 9.36 Å². The molecule has 0 saturated heterocycles. The number of carboxylic acid groups (broad SMARTS) is 1. The maximum atomic E-state index is 13.2. The van der Waals surface area contributed by atoms with Gasteiger partial charge in [0.25, 0.3) is 0 Å². The highest BCUT2D eigenvalue weighted by Crippen LogP contribution is 2.25. The van der Waals surface area contributed by atoms with Crippen LogP contribution in [0.5, 0.6) is 0 Å². The van der Waals surface area contributed by atoms with E-state index in [1.165, 1.54) is 4.57 Å². The summed E-state index contributed by atoms with van der Waals surface area (Å²) < 4.78 is 3.04. The van der Waals surface area contributed by atoms with Crippen molar-refractivity contribution in [1.82, 2.24) is 9.13 Å². The number of aromatic carboxylic acids is 1. The first-order valence-corrected chi connectivity index (χ1v) is 11.5. The van der Waals surface area contributed by atoms with Crippen LogP contribution in [-0.2, 0) is 13.0 Å². The zero-order valence-corrected chi connectivity index (χ0v) is 19.8. The molecule has 33 heavy (non-hydrogen) atoms. The Bertz CT molecular complexity index is 1200. The number of imidazole rings is 1. The third kappa shape index (κ3) is 5.33. The molecule has 6 nitrogen and oxygen atoms in total. The van der Waals surface area contributed by atoms with E-state index in [9.17, 15) is 19.5 Å². The van der Waals surface area contributed by atoms with E-state index in [1.807, 2.05) is 44.2 Å². The summed E-state index contributed by atoms with van der Waals surface area (Å²) >= 11 is 0. The Labute approximate surface area is 194 Å². The van der Waals surface area contributed by atoms with Gasteiger partial charge in [0.2, 0.25) is 5.91 Å². The number of hydrogen-bond donors (Lipinski definition) is 1. The highest BCUT2D eigenvalue weighted by molar-refractivity contribution is 5.96. The van der Waals surface area contributed by atoms with Crippen LogP contribution in [0.15, 0.2) is 53.3 Å². The zero-order valence-electron chi connectivity index (χ0n) is 19.8. The van der Waals surface area contributed by atoms with Gasteiger partial charge in [0.05, 0.1) is 12.1 Å². The summed E-state index contributed by atoms with van der Waals surface area (Å²) in [7, 11) is 0. The third-order valence-corrected chi connectivity index (χ3v) is 5.94. The molecule has 0 saturated carbocycles. The molecule has 174 valence electrons. The molecule has 0 amide bonds. The van der Waals surface area contributed by atoms with Crippen molar-refractivity contribution in [2.45, 2.75) is 59.9 Å². The average Bonchev–Trinajstić information content (AvgIpc) is 3.01. The van der Waals surface area contributed by atoms with Crippen LogP contribution in [0.25, 0.3) is 11.1 Å². The summed E-state index contributed by atoms with van der Waals surface area (Å²) in [6, 6.07) is 14.5. The molecule has 0 radical (unpaired) electrons. The fourth-order valence-electron chi connectivity index (χ4n) is 4.12. The van der Waals surface area contributed by atoms with Crippen molar-refractivity contribution < 1.29 is 14.7 Å². The van der Waals surface area contributed by atoms with Crippen molar-refractivity contribution >= 4 is 11.9 Å². The number of carboxylic acids is 1. The normalized spacial score (nSPS) is 11.2. The van der Waals surface area contributed by atoms with E-state index in [2.05, 4.69) is 13.8 Å². The average molecular weight is 449 g/mol. The molecule has 0 bridgehead atoms. The van der Waals surface area contributed by atoms with E-state index in [-0.39, 0.29) is 17.2 Å². The Morgan fingerprint density at radius 1 is 1.03 bits per heavy atom. The van der Waals surface area contributed by atoms with Crippen LogP contribution in [0.1, 0.15) is 72.1 Å². The third-order valence-electron chi connectivity index (χ3n) is 5.94. The molecule has 1 aromatic heterocycles. The Balaban J connectivity index is 1.97. The lowest BCUT2D eigenvalue weighted by Gasteiger charge is -2.11. The van der Waals surface area contributed by atoms with Gasteiger partial charge in [-0.1, -0.05) is 63.2 Å². The highest BCUT2D eigenvalue weighted by Gasteiger charge is 2.21. The van der Waals surface area contributed by atoms with Gasteiger partial charge < -0.3 is 5.11 Å². The van der Waals surface area contributed by atoms with E-state index in [0.717, 1.165) is 35.4 Å². The van der Waals surface area contributed by atoms with Crippen molar-refractivity contribution in [3.63, 3.8) is 0 Å². The van der Waals surface area contributed by atoms with Crippen LogP contribution in [0.4, 0.5) is 0 Å². The number of carbonyl (C=O) groups is 2. The lowest BCUT2D eigenvalue weighted by atomic mass is 9.98. The van der Waals surface area contributed by atoms with Crippen molar-refractivity contribution in [2.75, 3.05) is 0 Å². The molecule has 3 aromatic rings. The van der Waals surface area contributed by atoms with E-state index in [4.69, 9.17) is 0 Å². The largest absolute Gasteiger partial charge is 0.478 e. The Morgan fingerprint density at radius 3 is 2.30 bits per heavy atom. The van der Waals surface area contributed by atoms with Gasteiger partial charge in [-0.05, 0) is 54.9 Å². The summed E-state index contributed by atoms with van der Waals surface area (Å²) in [5.74, 6) is -0.647. The first-order valence-electron chi connectivity index (χ1n) is 11.5. The zero-order chi connectivity index (χ0) is 24.1. The lowest BCUT2D eigenvalue weighted by molar-refractivity contribution is 0.0697. The van der Waals surface area contributed by atoms with Gasteiger partial charge in [-0.2, -0.15) is 0 Å². The van der Waals surface area contributed by atoms with E-state index >= 15 is 0 Å². The van der Waals surface area contributed by atoms with Gasteiger partial charge in [-0.25, -0.2) is 14.2 Å². The van der Waals surface area contributed by atoms with Gasteiger partial charge in [-0.15, -0.1) is 0 Å². The lowest BCUT2D eigenvalue weighted by Crippen LogP contribution is -2.30. The Morgan fingerprint density at radius 2 is 1.70 bits per heavy atom. The summed E-state index contributed by atoms with van der Waals surface area (Å²) in [4.78, 5) is 37.4. The first-order chi connectivity index (χ1) is 15.7. The van der Waals surface area contributed by atoms with E-state index in [1.54, 1.807) is 22.8 Å². The number of benzene rings is 2. The molecule has 3 rings (SSSR count). The Hall–Kier alpha value is -3.41. The first kappa shape index (κ1) is 24.2. The van der Waals surface area contributed by atoms with Crippen LogP contribution >= 0.6 is 0 Å². The Kier molecular flexibility index (Phi) is 7.69. The predicted molar refractivity (Wildman–Crippen MR) is 130 cm³/mol. The van der Waals surface area contributed by atoms with Crippen LogP contribution in [0, 0.1) is 12.8 Å². The SMILES string of the molecule is CCCC(=O)n1c(C)c(CCC(C)C)n(Cc2ccc(-c3ccccc3C(=O)O)cc2)c1=O. The quantitative estimate of drug-likeness (QED) is 0.475. The molecule has 6 heteroatoms. The van der Waals surface area contributed by atoms with Crippen molar-refractivity contribution in [3.8, 4) is 11.1 Å². The second kappa shape index (κ2) is 10.5. The van der Waals surface area contributed by atoms with Crippen LogP contribution < -0.4 is 5.69 Å². The monoisotopic (exact) mass is 448 g/mol. The number of rotatable bonds is 9. The minimum atomic E-state index is -0.968. The molecule has 0 unspecified atom stereocenters. The fourth-order valence-corrected chi connectivity index (χ4v) is 4.12. The molecular formula is C27H32N2O4. The maximum Gasteiger partial charge on any atom is 0.336 e. The van der Waals surface area contributed by atoms with Crippen LogP contribution in [-0.4, -0.2) is 26.1 Å². The van der Waals surface area contributed by atoms with Gasteiger partial charge in [0.15, 0.2) is 0 Å². The van der Waals surface area contributed by atoms with E-state index < -0.39 is 5.97 Å². The molecule has 0 aliphatic rings. The fraction of sp³-hybridized carbons (Fsp3) is 0.370. The van der Waals surface area contributed by atoms with Crippen molar-refractivity contribution in [3.05, 3.63) is 81.5 Å². The smallest absolute Gasteiger partial charge is 0.336 e. The second-order valence-electron chi connectivity index (χ2n) is 8.86. The topological polar surface area (TPSA) is 81.3 Å². The molecule has 1 heterocycles. The van der Waals surface area contributed by atoms with E-state index in [0.29, 0.717) is 30.9 Å². The molecule has 0 spiro atoms. The summed E-state index contributed by atoms with van der Waals surface area (Å²) in [5.41, 5.74) is 3.96. The summed E-state index contributed by atoms with van der Waals surface area (Å²) in [6.45, 7) is 8.43. The number of hydrogen-bond acceptors (Lipinski definition) is 3. The molecule has 1 N–H and O–H groups in total. The molecule has 0 aliphatic heterocycles. The number of nitrogens with zero attached hydrogens (tertiary/aromatic N) is 2. The minimum absolute atomic E-state index is 0.162. The van der Waals surface area contributed by atoms with Crippen LogP contribution in [0.2, 0.25) is 0 Å². The number of aromatic nitrogens is 2. The standard InChI is InChI=1S/C27H32N2O4/c1-5-8-25(30)29-19(4)24(16-11-18(2)3)28(27(29)33)17-20-12-14-21(15-13-20)22-9-6-7-10-23(22)26(31)32/h6-7,9-10,12-15,18H,5,8,11,16-17H2,1-4H3,(H,31,32). The van der Waals surface area contributed by atoms with Crippen LogP contribution in [0.3, 0.4) is 0 Å².